The summed E-state index contributed by atoms with van der Waals surface area (Å²) in [4.78, 5) is 0.0401. The lowest BCUT2D eigenvalue weighted by atomic mass is 9.87. The van der Waals surface area contributed by atoms with Crippen molar-refractivity contribution in [3.8, 4) is 0 Å². The predicted octanol–water partition coefficient (Wildman–Crippen LogP) is 1.75. The average molecular weight is 319 g/mol. The largest absolute Gasteiger partial charge is 0.398 e. The highest BCUT2D eigenvalue weighted by Gasteiger charge is 2.23. The zero-order valence-corrected chi connectivity index (χ0v) is 12.6. The van der Waals surface area contributed by atoms with E-state index in [1.54, 1.807) is 0 Å². The fourth-order valence-electron chi connectivity index (χ4n) is 2.52. The lowest BCUT2D eigenvalue weighted by molar-refractivity contribution is 0.102. The number of nitrogens with one attached hydrogen (secondary N) is 1. The summed E-state index contributed by atoms with van der Waals surface area (Å²) in [7, 11) is -3.64. The van der Waals surface area contributed by atoms with Gasteiger partial charge in [0, 0.05) is 11.6 Å². The van der Waals surface area contributed by atoms with Gasteiger partial charge in [-0.05, 0) is 43.4 Å². The molecule has 0 heterocycles. The summed E-state index contributed by atoms with van der Waals surface area (Å²) in [5, 5.41) is 9.99. The number of rotatable bonds is 4. The van der Waals surface area contributed by atoms with Gasteiger partial charge in [0.05, 0.1) is 11.8 Å². The molecule has 1 fully saturated rings. The molecule has 5 nitrogen and oxygen atoms in total. The van der Waals surface area contributed by atoms with Crippen molar-refractivity contribution < 1.29 is 13.5 Å². The van der Waals surface area contributed by atoms with Crippen molar-refractivity contribution >= 4 is 27.3 Å². The molecule has 0 saturated heterocycles. The highest BCUT2D eigenvalue weighted by molar-refractivity contribution is 7.89. The van der Waals surface area contributed by atoms with Crippen LogP contribution in [-0.4, -0.2) is 26.2 Å². The summed E-state index contributed by atoms with van der Waals surface area (Å²) < 4.78 is 26.9. The van der Waals surface area contributed by atoms with Gasteiger partial charge in [0.25, 0.3) is 0 Å². The fraction of sp³-hybridized carbons (Fsp3) is 0.538. The second kappa shape index (κ2) is 6.30. The van der Waals surface area contributed by atoms with Crippen molar-refractivity contribution in [2.24, 2.45) is 5.92 Å². The van der Waals surface area contributed by atoms with Gasteiger partial charge in [0.15, 0.2) is 0 Å². The molecule has 4 N–H and O–H groups in total. The van der Waals surface area contributed by atoms with Crippen LogP contribution >= 0.6 is 11.6 Å². The molecule has 112 valence electrons. The summed E-state index contributed by atoms with van der Waals surface area (Å²) in [5.74, 6) is 0.169. The number of halogens is 1. The van der Waals surface area contributed by atoms with Gasteiger partial charge in [0.2, 0.25) is 10.0 Å². The topological polar surface area (TPSA) is 92.4 Å². The highest BCUT2D eigenvalue weighted by atomic mass is 35.5. The molecule has 1 aliphatic carbocycles. The Morgan fingerprint density at radius 3 is 2.80 bits per heavy atom. The van der Waals surface area contributed by atoms with Gasteiger partial charge in [-0.25, -0.2) is 13.1 Å². The van der Waals surface area contributed by atoms with Crippen molar-refractivity contribution in [2.75, 3.05) is 12.3 Å². The fourth-order valence-corrected chi connectivity index (χ4v) is 3.92. The Morgan fingerprint density at radius 2 is 2.15 bits per heavy atom. The van der Waals surface area contributed by atoms with E-state index in [1.165, 1.54) is 18.2 Å². The Kier molecular flexibility index (Phi) is 4.90. The quantitative estimate of drug-likeness (QED) is 0.737. The van der Waals surface area contributed by atoms with Gasteiger partial charge in [-0.3, -0.25) is 0 Å². The number of aliphatic hydroxyl groups excluding tert-OH is 1. The first-order chi connectivity index (χ1) is 9.38. The monoisotopic (exact) mass is 318 g/mol. The van der Waals surface area contributed by atoms with E-state index in [0.717, 1.165) is 19.3 Å². The molecule has 0 aliphatic heterocycles. The maximum Gasteiger partial charge on any atom is 0.242 e. The average Bonchev–Trinajstić information content (AvgIpc) is 2.36. The van der Waals surface area contributed by atoms with E-state index in [1.807, 2.05) is 0 Å². The Balaban J connectivity index is 2.03. The summed E-state index contributed by atoms with van der Waals surface area (Å²) in [6, 6.07) is 4.31. The van der Waals surface area contributed by atoms with Crippen LogP contribution < -0.4 is 10.5 Å². The molecule has 0 amide bonds. The van der Waals surface area contributed by atoms with Crippen molar-refractivity contribution in [3.63, 3.8) is 0 Å². The van der Waals surface area contributed by atoms with Gasteiger partial charge in [-0.15, -0.1) is 0 Å². The number of nitrogens with two attached hydrogens (primary N) is 1. The van der Waals surface area contributed by atoms with E-state index < -0.39 is 10.0 Å². The Morgan fingerprint density at radius 1 is 1.40 bits per heavy atom. The zero-order chi connectivity index (χ0) is 14.8. The number of sulfonamides is 1. The van der Waals surface area contributed by atoms with Crippen LogP contribution in [0.1, 0.15) is 25.7 Å². The molecule has 7 heteroatoms. The van der Waals surface area contributed by atoms with E-state index in [4.69, 9.17) is 17.3 Å². The summed E-state index contributed by atoms with van der Waals surface area (Å²) in [6.45, 7) is 0.321. The number of benzene rings is 1. The van der Waals surface area contributed by atoms with E-state index in [0.29, 0.717) is 18.0 Å². The van der Waals surface area contributed by atoms with Crippen molar-refractivity contribution in [3.05, 3.63) is 23.2 Å². The first-order valence-electron chi connectivity index (χ1n) is 6.61. The zero-order valence-electron chi connectivity index (χ0n) is 11.0. The van der Waals surface area contributed by atoms with Gasteiger partial charge in [0.1, 0.15) is 4.90 Å². The minimum atomic E-state index is -3.64. The normalized spacial score (nSPS) is 23.7. The molecule has 0 spiro atoms. The summed E-state index contributed by atoms with van der Waals surface area (Å²) >= 11 is 5.76. The predicted molar refractivity (Wildman–Crippen MR) is 79.0 cm³/mol. The van der Waals surface area contributed by atoms with Crippen LogP contribution in [0.3, 0.4) is 0 Å². The van der Waals surface area contributed by atoms with Gasteiger partial charge in [-0.1, -0.05) is 18.0 Å². The van der Waals surface area contributed by atoms with Crippen LogP contribution in [0.25, 0.3) is 0 Å². The molecule has 2 rings (SSSR count). The molecule has 2 unspecified atom stereocenters. The Labute approximate surface area is 124 Å². The molecule has 1 saturated carbocycles. The minimum Gasteiger partial charge on any atom is -0.398 e. The molecule has 1 aromatic rings. The van der Waals surface area contributed by atoms with E-state index in [9.17, 15) is 13.5 Å². The summed E-state index contributed by atoms with van der Waals surface area (Å²) in [5.41, 5.74) is 5.83. The van der Waals surface area contributed by atoms with E-state index >= 15 is 0 Å². The van der Waals surface area contributed by atoms with Crippen LogP contribution in [0.5, 0.6) is 0 Å². The second-order valence-corrected chi connectivity index (χ2v) is 7.39. The third kappa shape index (κ3) is 3.85. The van der Waals surface area contributed by atoms with Crippen molar-refractivity contribution in [1.29, 1.82) is 0 Å². The second-order valence-electron chi connectivity index (χ2n) is 5.22. The number of hydrogen-bond acceptors (Lipinski definition) is 4. The number of hydrogen-bond donors (Lipinski definition) is 3. The molecular formula is C13H19ClN2O3S. The van der Waals surface area contributed by atoms with E-state index in [-0.39, 0.29) is 22.6 Å². The van der Waals surface area contributed by atoms with Crippen molar-refractivity contribution in [2.45, 2.75) is 36.7 Å². The third-order valence-corrected chi connectivity index (χ3v) is 5.31. The van der Waals surface area contributed by atoms with Gasteiger partial charge < -0.3 is 10.8 Å². The first kappa shape index (κ1) is 15.6. The maximum atomic E-state index is 12.2. The molecule has 0 bridgehead atoms. The third-order valence-electron chi connectivity index (χ3n) is 3.58. The molecule has 0 radical (unpaired) electrons. The lowest BCUT2D eigenvalue weighted by Crippen LogP contribution is -2.33. The molecule has 2 atom stereocenters. The molecule has 1 aromatic carbocycles. The molecular weight excluding hydrogens is 300 g/mol. The van der Waals surface area contributed by atoms with Crippen LogP contribution in [-0.2, 0) is 10.0 Å². The first-order valence-corrected chi connectivity index (χ1v) is 8.47. The van der Waals surface area contributed by atoms with Gasteiger partial charge >= 0.3 is 0 Å². The lowest BCUT2D eigenvalue weighted by Gasteiger charge is -2.25. The highest BCUT2D eigenvalue weighted by Crippen LogP contribution is 2.25. The van der Waals surface area contributed by atoms with Crippen LogP contribution in [0.4, 0.5) is 5.69 Å². The van der Waals surface area contributed by atoms with E-state index in [2.05, 4.69) is 4.72 Å². The van der Waals surface area contributed by atoms with Crippen molar-refractivity contribution in [1.82, 2.24) is 4.72 Å². The molecule has 20 heavy (non-hydrogen) atoms. The number of aliphatic hydroxyl groups is 1. The Bertz CT molecular complexity index is 577. The van der Waals surface area contributed by atoms with Crippen LogP contribution in [0.15, 0.2) is 23.1 Å². The van der Waals surface area contributed by atoms with Crippen LogP contribution in [0.2, 0.25) is 5.02 Å². The minimum absolute atomic E-state index is 0.0401. The Hall–Kier alpha value is -0.820. The summed E-state index contributed by atoms with van der Waals surface area (Å²) in [6.07, 6.45) is 2.97. The van der Waals surface area contributed by atoms with Crippen LogP contribution in [0, 0.1) is 5.92 Å². The number of anilines is 1. The number of nitrogen functional groups attached to an aromatic ring is 1. The van der Waals surface area contributed by atoms with Gasteiger partial charge in [-0.2, -0.15) is 0 Å². The maximum absolute atomic E-state index is 12.2. The molecule has 1 aliphatic rings. The molecule has 0 aromatic heterocycles. The smallest absolute Gasteiger partial charge is 0.242 e. The standard InChI is InChI=1S/C13H19ClN2O3S/c14-10-4-5-13(12(15)7-10)20(18,19)16-8-9-2-1-3-11(17)6-9/h4-5,7,9,11,16-17H,1-3,6,8,15H2. The SMILES string of the molecule is Nc1cc(Cl)ccc1S(=O)(=O)NCC1CCCC(O)C1.